The molecule has 98 valence electrons. The third-order valence-corrected chi connectivity index (χ3v) is 2.64. The van der Waals surface area contributed by atoms with Crippen LogP contribution in [0.4, 0.5) is 0 Å². The molecule has 0 N–H and O–H groups in total. The third-order valence-electron chi connectivity index (χ3n) is 2.64. The highest BCUT2D eigenvalue weighted by Gasteiger charge is 2.05. The lowest BCUT2D eigenvalue weighted by molar-refractivity contribution is -0.138. The van der Waals surface area contributed by atoms with Gasteiger partial charge in [0.25, 0.3) is 0 Å². The summed E-state index contributed by atoms with van der Waals surface area (Å²) in [5.74, 6) is 0.416. The van der Waals surface area contributed by atoms with Crippen LogP contribution in [-0.2, 0) is 9.53 Å². The van der Waals surface area contributed by atoms with Gasteiger partial charge in [0, 0.05) is 5.57 Å². The molecular formula is C15H26O2. The van der Waals surface area contributed by atoms with Gasteiger partial charge in [0.1, 0.15) is 0 Å². The smallest absolute Gasteiger partial charge is 0.333 e. The van der Waals surface area contributed by atoms with E-state index in [4.69, 9.17) is 4.74 Å². The van der Waals surface area contributed by atoms with E-state index < -0.39 is 0 Å². The van der Waals surface area contributed by atoms with Crippen LogP contribution < -0.4 is 0 Å². The van der Waals surface area contributed by atoms with Crippen molar-refractivity contribution in [3.05, 3.63) is 23.3 Å². The summed E-state index contributed by atoms with van der Waals surface area (Å²) in [7, 11) is 0. The van der Waals surface area contributed by atoms with Gasteiger partial charge in [0.05, 0.1) is 6.61 Å². The van der Waals surface area contributed by atoms with Crippen LogP contribution in [0.2, 0.25) is 0 Å². The molecule has 2 heteroatoms. The SMILES string of the molecule is CCOC(=O)/C(C)=C/C[C@H](C)CCC=C(C)C. The number of carbonyl (C=O) groups is 1. The minimum absolute atomic E-state index is 0.191. The molecule has 17 heavy (non-hydrogen) atoms. The first kappa shape index (κ1) is 16.0. The molecule has 0 amide bonds. The van der Waals surface area contributed by atoms with Crippen LogP contribution in [0.15, 0.2) is 23.3 Å². The molecule has 0 aromatic rings. The Labute approximate surface area is 106 Å². The summed E-state index contributed by atoms with van der Waals surface area (Å²) in [5.41, 5.74) is 2.09. The predicted octanol–water partition coefficient (Wildman–Crippen LogP) is 4.27. The zero-order valence-electron chi connectivity index (χ0n) is 11.9. The quantitative estimate of drug-likeness (QED) is 0.376. The highest BCUT2D eigenvalue weighted by molar-refractivity contribution is 5.87. The monoisotopic (exact) mass is 238 g/mol. The summed E-state index contributed by atoms with van der Waals surface area (Å²) >= 11 is 0. The number of esters is 1. The molecule has 0 heterocycles. The maximum Gasteiger partial charge on any atom is 0.333 e. The lowest BCUT2D eigenvalue weighted by Crippen LogP contribution is -2.05. The summed E-state index contributed by atoms with van der Waals surface area (Å²) in [4.78, 5) is 11.4. The van der Waals surface area contributed by atoms with E-state index in [1.165, 1.54) is 5.57 Å². The topological polar surface area (TPSA) is 26.3 Å². The zero-order valence-corrected chi connectivity index (χ0v) is 11.9. The maximum atomic E-state index is 11.4. The Balaban J connectivity index is 3.96. The van der Waals surface area contributed by atoms with Crippen molar-refractivity contribution >= 4 is 5.97 Å². The molecular weight excluding hydrogens is 212 g/mol. The Bertz CT molecular complexity index is 283. The second kappa shape index (κ2) is 9.03. The van der Waals surface area contributed by atoms with Gasteiger partial charge in [-0.3, -0.25) is 0 Å². The molecule has 2 nitrogen and oxygen atoms in total. The van der Waals surface area contributed by atoms with E-state index in [1.54, 1.807) is 0 Å². The summed E-state index contributed by atoms with van der Waals surface area (Å²) in [6, 6.07) is 0. The van der Waals surface area contributed by atoms with Crippen molar-refractivity contribution in [1.29, 1.82) is 0 Å². The van der Waals surface area contributed by atoms with Crippen molar-refractivity contribution in [2.24, 2.45) is 5.92 Å². The van der Waals surface area contributed by atoms with Gasteiger partial charge in [-0.2, -0.15) is 0 Å². The van der Waals surface area contributed by atoms with Gasteiger partial charge in [-0.25, -0.2) is 4.79 Å². The van der Waals surface area contributed by atoms with Gasteiger partial charge in [0.15, 0.2) is 0 Å². The van der Waals surface area contributed by atoms with Gasteiger partial charge in [-0.1, -0.05) is 24.6 Å². The standard InChI is InChI=1S/C15H26O2/c1-6-17-15(16)14(5)11-10-13(4)9-7-8-12(2)3/h8,11,13H,6-7,9-10H2,1-5H3/b14-11+/t13-/m1/s1. The lowest BCUT2D eigenvalue weighted by atomic mass is 9.99. The zero-order chi connectivity index (χ0) is 13.3. The van der Waals surface area contributed by atoms with Crippen LogP contribution in [0.25, 0.3) is 0 Å². The van der Waals surface area contributed by atoms with Crippen molar-refractivity contribution in [3.63, 3.8) is 0 Å². The highest BCUT2D eigenvalue weighted by atomic mass is 16.5. The normalized spacial score (nSPS) is 13.1. The number of rotatable bonds is 7. The molecule has 0 unspecified atom stereocenters. The Morgan fingerprint density at radius 2 is 1.88 bits per heavy atom. The lowest BCUT2D eigenvalue weighted by Gasteiger charge is -2.08. The summed E-state index contributed by atoms with van der Waals surface area (Å²) in [6.45, 7) is 10.5. The van der Waals surface area contributed by atoms with Gasteiger partial charge in [-0.15, -0.1) is 0 Å². The van der Waals surface area contributed by atoms with Gasteiger partial charge in [0.2, 0.25) is 0 Å². The molecule has 1 atom stereocenters. The Hall–Kier alpha value is -1.05. The van der Waals surface area contributed by atoms with E-state index in [9.17, 15) is 4.79 Å². The first-order valence-corrected chi connectivity index (χ1v) is 6.44. The van der Waals surface area contributed by atoms with Crippen molar-refractivity contribution in [3.8, 4) is 0 Å². The van der Waals surface area contributed by atoms with Gasteiger partial charge in [-0.05, 0) is 52.9 Å². The van der Waals surface area contributed by atoms with Gasteiger partial charge >= 0.3 is 5.97 Å². The Morgan fingerprint density at radius 3 is 2.41 bits per heavy atom. The third kappa shape index (κ3) is 8.73. The molecule has 0 fully saturated rings. The number of carbonyl (C=O) groups excluding carboxylic acids is 1. The largest absolute Gasteiger partial charge is 0.463 e. The average Bonchev–Trinajstić information content (AvgIpc) is 2.25. The van der Waals surface area contributed by atoms with Crippen LogP contribution in [0.3, 0.4) is 0 Å². The van der Waals surface area contributed by atoms with E-state index >= 15 is 0 Å². The number of ether oxygens (including phenoxy) is 1. The van der Waals surface area contributed by atoms with Crippen molar-refractivity contribution < 1.29 is 9.53 Å². The molecule has 0 bridgehead atoms. The van der Waals surface area contributed by atoms with E-state index in [-0.39, 0.29) is 5.97 Å². The molecule has 0 radical (unpaired) electrons. The second-order valence-corrected chi connectivity index (χ2v) is 4.81. The molecule has 0 aliphatic heterocycles. The highest BCUT2D eigenvalue weighted by Crippen LogP contribution is 2.14. The minimum Gasteiger partial charge on any atom is -0.463 e. The number of hydrogen-bond donors (Lipinski definition) is 0. The minimum atomic E-state index is -0.191. The molecule has 0 aromatic carbocycles. The van der Waals surface area contributed by atoms with E-state index in [0.29, 0.717) is 12.5 Å². The number of hydrogen-bond acceptors (Lipinski definition) is 2. The van der Waals surface area contributed by atoms with E-state index in [0.717, 1.165) is 24.8 Å². The van der Waals surface area contributed by atoms with Crippen molar-refractivity contribution in [1.82, 2.24) is 0 Å². The second-order valence-electron chi connectivity index (χ2n) is 4.81. The maximum absolute atomic E-state index is 11.4. The van der Waals surface area contributed by atoms with E-state index in [2.05, 4.69) is 26.8 Å². The van der Waals surface area contributed by atoms with Crippen LogP contribution in [-0.4, -0.2) is 12.6 Å². The van der Waals surface area contributed by atoms with E-state index in [1.807, 2.05) is 19.9 Å². The fourth-order valence-electron chi connectivity index (χ4n) is 1.48. The number of allylic oxidation sites excluding steroid dienone is 3. The fraction of sp³-hybridized carbons (Fsp3) is 0.667. The van der Waals surface area contributed by atoms with Crippen LogP contribution >= 0.6 is 0 Å². The Morgan fingerprint density at radius 1 is 1.24 bits per heavy atom. The Kier molecular flexibility index (Phi) is 8.47. The van der Waals surface area contributed by atoms with Crippen LogP contribution in [0.1, 0.15) is 53.9 Å². The van der Waals surface area contributed by atoms with Crippen molar-refractivity contribution in [2.75, 3.05) is 6.61 Å². The fourth-order valence-corrected chi connectivity index (χ4v) is 1.48. The molecule has 0 rings (SSSR count). The average molecular weight is 238 g/mol. The van der Waals surface area contributed by atoms with Crippen molar-refractivity contribution in [2.45, 2.75) is 53.9 Å². The molecule has 0 aliphatic carbocycles. The molecule has 0 saturated heterocycles. The molecule has 0 aromatic heterocycles. The summed E-state index contributed by atoms with van der Waals surface area (Å²) in [5, 5.41) is 0. The van der Waals surface area contributed by atoms with Crippen LogP contribution in [0.5, 0.6) is 0 Å². The predicted molar refractivity (Wildman–Crippen MR) is 72.8 cm³/mol. The summed E-state index contributed by atoms with van der Waals surface area (Å²) in [6.07, 6.45) is 7.48. The summed E-state index contributed by atoms with van der Waals surface area (Å²) < 4.78 is 4.93. The first-order valence-electron chi connectivity index (χ1n) is 6.44. The van der Waals surface area contributed by atoms with Gasteiger partial charge < -0.3 is 4.74 Å². The molecule has 0 aliphatic rings. The first-order chi connectivity index (χ1) is 7.97. The van der Waals surface area contributed by atoms with Crippen LogP contribution in [0, 0.1) is 5.92 Å². The molecule has 0 spiro atoms. The molecule has 0 saturated carbocycles.